The first-order valence-corrected chi connectivity index (χ1v) is 11.2. The van der Waals surface area contributed by atoms with Crippen LogP contribution in [0.4, 0.5) is 5.13 Å². The molecule has 0 saturated carbocycles. The van der Waals surface area contributed by atoms with Crippen LogP contribution in [0.3, 0.4) is 0 Å². The Morgan fingerprint density at radius 1 is 1.12 bits per heavy atom. The molecule has 0 unspecified atom stereocenters. The maximum atomic E-state index is 11.0. The number of carboxylic acid groups (broad SMARTS) is 1. The Hall–Kier alpha value is -3.10. The average molecular weight is 458 g/mol. The summed E-state index contributed by atoms with van der Waals surface area (Å²) in [5.41, 5.74) is 8.73. The normalized spacial score (nSPS) is 10.2. The molecule has 8 heteroatoms. The number of hydrogen-bond donors (Lipinski definition) is 3. The molecule has 4 N–H and O–H groups in total. The van der Waals surface area contributed by atoms with Crippen molar-refractivity contribution < 1.29 is 19.4 Å². The van der Waals surface area contributed by atoms with Crippen LogP contribution >= 0.6 is 11.3 Å². The minimum atomic E-state index is -1.05. The fourth-order valence-corrected chi connectivity index (χ4v) is 3.85. The van der Waals surface area contributed by atoms with Gasteiger partial charge in [0, 0.05) is 0 Å². The Morgan fingerprint density at radius 3 is 2.50 bits per heavy atom. The molecule has 2 aromatic carbocycles. The van der Waals surface area contributed by atoms with Gasteiger partial charge in [0.05, 0.1) is 19.1 Å². The number of carbonyl (C=O) groups is 1. The number of nitrogens with one attached hydrogen (secondary N) is 1. The molecule has 3 aromatic rings. The van der Waals surface area contributed by atoms with Gasteiger partial charge in [-0.25, -0.2) is 9.78 Å². The zero-order chi connectivity index (χ0) is 23.5. The molecule has 0 saturated heterocycles. The topological polar surface area (TPSA) is 107 Å². The third kappa shape index (κ3) is 7.25. The molecule has 0 bridgehead atoms. The van der Waals surface area contributed by atoms with Crippen molar-refractivity contribution in [2.45, 2.75) is 26.7 Å². The lowest BCUT2D eigenvalue weighted by atomic mass is 10.1. The molecule has 1 aromatic heterocycles. The highest BCUT2D eigenvalue weighted by Crippen LogP contribution is 2.32. The second-order valence-corrected chi connectivity index (χ2v) is 8.12. The zero-order valence-corrected chi connectivity index (χ0v) is 19.8. The van der Waals surface area contributed by atoms with Gasteiger partial charge in [0.25, 0.3) is 0 Å². The van der Waals surface area contributed by atoms with Crippen molar-refractivity contribution in [3.63, 3.8) is 0 Å². The summed E-state index contributed by atoms with van der Waals surface area (Å²) in [7, 11) is 3.32. The summed E-state index contributed by atoms with van der Waals surface area (Å²) in [4.78, 5) is 15.4. The summed E-state index contributed by atoms with van der Waals surface area (Å²) >= 11 is 1.19. The Bertz CT molecular complexity index is 1020. The molecular formula is C24H31N3O4S. The van der Waals surface area contributed by atoms with E-state index in [-0.39, 0.29) is 10.8 Å². The first kappa shape index (κ1) is 25.2. The lowest BCUT2D eigenvalue weighted by molar-refractivity contribution is 0.0692. The van der Waals surface area contributed by atoms with E-state index in [2.05, 4.69) is 23.3 Å². The summed E-state index contributed by atoms with van der Waals surface area (Å²) in [6.07, 6.45) is 2.19. The van der Waals surface area contributed by atoms with Crippen LogP contribution in [0.5, 0.6) is 11.5 Å². The number of aromatic nitrogens is 1. The number of benzene rings is 2. The van der Waals surface area contributed by atoms with Gasteiger partial charge in [0.1, 0.15) is 0 Å². The minimum absolute atomic E-state index is 0.0214. The van der Waals surface area contributed by atoms with Gasteiger partial charge in [-0.2, -0.15) is 0 Å². The lowest BCUT2D eigenvalue weighted by Gasteiger charge is -2.09. The van der Waals surface area contributed by atoms with E-state index in [0.29, 0.717) is 4.88 Å². The van der Waals surface area contributed by atoms with E-state index in [9.17, 15) is 4.79 Å². The monoisotopic (exact) mass is 457 g/mol. The smallest absolute Gasteiger partial charge is 0.356 e. The summed E-state index contributed by atoms with van der Waals surface area (Å²) in [6.45, 7) is 6.20. The van der Waals surface area contributed by atoms with Crippen molar-refractivity contribution in [1.82, 2.24) is 10.3 Å². The molecule has 1 heterocycles. The molecule has 0 aliphatic heterocycles. The highest BCUT2D eigenvalue weighted by atomic mass is 32.1. The Labute approximate surface area is 193 Å². The van der Waals surface area contributed by atoms with Crippen molar-refractivity contribution in [1.29, 1.82) is 0 Å². The SMILES string of the molecule is CCCNCCc1ccc(OC)c(OC)c1.Cc1cccc(-c2sc(N)nc2C(=O)O)c1. The van der Waals surface area contributed by atoms with Crippen LogP contribution in [0.25, 0.3) is 10.4 Å². The highest BCUT2D eigenvalue weighted by molar-refractivity contribution is 7.19. The van der Waals surface area contributed by atoms with Gasteiger partial charge in [-0.1, -0.05) is 54.2 Å². The number of hydrogen-bond acceptors (Lipinski definition) is 7. The number of aryl methyl sites for hydroxylation is 1. The third-order valence-corrected chi connectivity index (χ3v) is 5.53. The molecule has 0 aliphatic rings. The van der Waals surface area contributed by atoms with Crippen LogP contribution in [-0.4, -0.2) is 43.4 Å². The van der Waals surface area contributed by atoms with E-state index in [1.807, 2.05) is 43.3 Å². The van der Waals surface area contributed by atoms with Crippen molar-refractivity contribution >= 4 is 22.4 Å². The van der Waals surface area contributed by atoms with Gasteiger partial charge in [-0.05, 0) is 56.1 Å². The number of nitrogens with two attached hydrogens (primary N) is 1. The van der Waals surface area contributed by atoms with Gasteiger partial charge in [-0.15, -0.1) is 0 Å². The Kier molecular flexibility index (Phi) is 9.97. The first-order chi connectivity index (χ1) is 15.4. The van der Waals surface area contributed by atoms with Crippen molar-refractivity contribution in [3.05, 3.63) is 59.3 Å². The molecule has 0 radical (unpaired) electrons. The number of nitrogens with zero attached hydrogens (tertiary/aromatic N) is 1. The molecule has 3 rings (SSSR count). The Morgan fingerprint density at radius 2 is 1.88 bits per heavy atom. The number of rotatable bonds is 9. The summed E-state index contributed by atoms with van der Waals surface area (Å²) < 4.78 is 10.5. The van der Waals surface area contributed by atoms with E-state index in [4.69, 9.17) is 20.3 Å². The number of carboxylic acids is 1. The summed E-state index contributed by atoms with van der Waals surface area (Å²) in [6, 6.07) is 13.7. The number of aromatic carboxylic acids is 1. The second-order valence-electron chi connectivity index (χ2n) is 7.09. The van der Waals surface area contributed by atoms with Gasteiger partial charge in [0.15, 0.2) is 22.3 Å². The number of methoxy groups -OCH3 is 2. The molecule has 0 fully saturated rings. The summed E-state index contributed by atoms with van der Waals surface area (Å²) in [5.74, 6) is 0.535. The van der Waals surface area contributed by atoms with Crippen LogP contribution in [0.2, 0.25) is 0 Å². The predicted octanol–water partition coefficient (Wildman–Crippen LogP) is 4.64. The first-order valence-electron chi connectivity index (χ1n) is 10.4. The summed E-state index contributed by atoms with van der Waals surface area (Å²) in [5, 5.41) is 12.6. The standard InChI is InChI=1S/C13H21NO2.C11H10N2O2S/c1-4-8-14-9-7-11-5-6-12(15-2)13(10-11)16-3;1-6-3-2-4-7(5-6)9-8(10(14)15)13-11(12)16-9/h5-6,10,14H,4,7-9H2,1-3H3;2-5H,1H3,(H2,12,13)(H,14,15). The second kappa shape index (κ2) is 12.7. The van der Waals surface area contributed by atoms with E-state index in [0.717, 1.165) is 42.1 Å². The Balaban J connectivity index is 0.000000227. The maximum Gasteiger partial charge on any atom is 0.356 e. The molecule has 172 valence electrons. The molecule has 7 nitrogen and oxygen atoms in total. The molecule has 0 amide bonds. The fraction of sp³-hybridized carbons (Fsp3) is 0.333. The van der Waals surface area contributed by atoms with E-state index in [1.54, 1.807) is 14.2 Å². The van der Waals surface area contributed by atoms with Gasteiger partial charge >= 0.3 is 5.97 Å². The van der Waals surface area contributed by atoms with E-state index in [1.165, 1.54) is 23.3 Å². The largest absolute Gasteiger partial charge is 0.493 e. The number of thiazole rings is 1. The van der Waals surface area contributed by atoms with Crippen molar-refractivity contribution in [3.8, 4) is 21.9 Å². The highest BCUT2D eigenvalue weighted by Gasteiger charge is 2.17. The molecule has 0 spiro atoms. The lowest BCUT2D eigenvalue weighted by Crippen LogP contribution is -2.17. The number of nitrogen functional groups attached to an aromatic ring is 1. The minimum Gasteiger partial charge on any atom is -0.493 e. The van der Waals surface area contributed by atoms with Crippen LogP contribution in [0, 0.1) is 6.92 Å². The number of anilines is 1. The fourth-order valence-electron chi connectivity index (χ4n) is 3.03. The maximum absolute atomic E-state index is 11.0. The van der Waals surface area contributed by atoms with E-state index >= 15 is 0 Å². The van der Waals surface area contributed by atoms with Gasteiger partial charge < -0.3 is 25.6 Å². The average Bonchev–Trinajstić information content (AvgIpc) is 3.19. The van der Waals surface area contributed by atoms with E-state index < -0.39 is 5.97 Å². The quantitative estimate of drug-likeness (QED) is 0.402. The van der Waals surface area contributed by atoms with Gasteiger partial charge in [0.2, 0.25) is 0 Å². The van der Waals surface area contributed by atoms with Crippen molar-refractivity contribution in [2.75, 3.05) is 33.0 Å². The third-order valence-electron chi connectivity index (χ3n) is 4.59. The molecular weight excluding hydrogens is 426 g/mol. The van der Waals surface area contributed by atoms with Gasteiger partial charge in [-0.3, -0.25) is 0 Å². The predicted molar refractivity (Wildman–Crippen MR) is 130 cm³/mol. The molecule has 32 heavy (non-hydrogen) atoms. The number of ether oxygens (including phenoxy) is 2. The van der Waals surface area contributed by atoms with Crippen LogP contribution in [-0.2, 0) is 6.42 Å². The molecule has 0 aliphatic carbocycles. The molecule has 0 atom stereocenters. The zero-order valence-electron chi connectivity index (χ0n) is 19.0. The van der Waals surface area contributed by atoms with Crippen LogP contribution in [0.15, 0.2) is 42.5 Å². The van der Waals surface area contributed by atoms with Crippen LogP contribution in [0.1, 0.15) is 35.0 Å². The van der Waals surface area contributed by atoms with Crippen molar-refractivity contribution in [2.24, 2.45) is 0 Å². The van der Waals surface area contributed by atoms with Crippen LogP contribution < -0.4 is 20.5 Å².